The maximum Gasteiger partial charge on any atom is 0.331 e. The monoisotopic (exact) mass is 303 g/mol. The summed E-state index contributed by atoms with van der Waals surface area (Å²) in [5.41, 5.74) is 9.21. The quantitative estimate of drug-likeness (QED) is 0.528. The van der Waals surface area contributed by atoms with Gasteiger partial charge in [0.2, 0.25) is 0 Å². The number of alkyl halides is 1. The molecule has 0 heterocycles. The van der Waals surface area contributed by atoms with Crippen LogP contribution in [0.5, 0.6) is 0 Å². The van der Waals surface area contributed by atoms with E-state index in [0.717, 1.165) is 16.8 Å². The molecule has 2 aromatic rings. The van der Waals surface area contributed by atoms with Crippen LogP contribution in [0.25, 0.3) is 11.1 Å². The number of nitrogens with two attached hydrogens (primary N) is 1. The summed E-state index contributed by atoms with van der Waals surface area (Å²) in [4.78, 5) is 10.7. The first kappa shape index (κ1) is 15.4. The number of hydrogen-bond donors (Lipinski definition) is 1. The largest absolute Gasteiger partial charge is 0.464 e. The van der Waals surface area contributed by atoms with E-state index in [9.17, 15) is 4.79 Å². The van der Waals surface area contributed by atoms with Crippen LogP contribution in [0.15, 0.2) is 48.5 Å². The highest BCUT2D eigenvalue weighted by molar-refractivity contribution is 6.33. The van der Waals surface area contributed by atoms with Gasteiger partial charge in [0.15, 0.2) is 4.87 Å². The predicted octanol–water partition coefficient (Wildman–Crippen LogP) is 3.95. The number of ether oxygens (including phenoxy) is 1. The standard InChI is InChI=1S/C17H18ClNO2/c1-3-21-16(20)17(2,18)14-8-4-12(5-9-14)13-6-10-15(19)11-7-13/h4-11H,3,19H2,1-2H3. The molecule has 21 heavy (non-hydrogen) atoms. The highest BCUT2D eigenvalue weighted by Crippen LogP contribution is 2.32. The summed E-state index contributed by atoms with van der Waals surface area (Å²) in [6.45, 7) is 3.71. The van der Waals surface area contributed by atoms with Crippen LogP contribution in [0.4, 0.5) is 5.69 Å². The summed E-state index contributed by atoms with van der Waals surface area (Å²) >= 11 is 6.32. The predicted molar refractivity (Wildman–Crippen MR) is 86.1 cm³/mol. The molecule has 0 amide bonds. The van der Waals surface area contributed by atoms with E-state index in [1.807, 2.05) is 48.5 Å². The fraction of sp³-hybridized carbons (Fsp3) is 0.235. The van der Waals surface area contributed by atoms with Crippen molar-refractivity contribution in [3.63, 3.8) is 0 Å². The molecule has 0 spiro atoms. The van der Waals surface area contributed by atoms with Crippen molar-refractivity contribution < 1.29 is 9.53 Å². The highest BCUT2D eigenvalue weighted by Gasteiger charge is 2.34. The third kappa shape index (κ3) is 3.37. The Morgan fingerprint density at radius 3 is 2.05 bits per heavy atom. The Morgan fingerprint density at radius 2 is 1.57 bits per heavy atom. The zero-order valence-electron chi connectivity index (χ0n) is 12.1. The molecule has 0 aliphatic carbocycles. The van der Waals surface area contributed by atoms with Gasteiger partial charge in [0.1, 0.15) is 0 Å². The van der Waals surface area contributed by atoms with Gasteiger partial charge in [-0.3, -0.25) is 0 Å². The number of halogens is 1. The summed E-state index contributed by atoms with van der Waals surface area (Å²) in [5, 5.41) is 0. The third-order valence-electron chi connectivity index (χ3n) is 3.33. The van der Waals surface area contributed by atoms with Crippen LogP contribution in [0.1, 0.15) is 19.4 Å². The minimum absolute atomic E-state index is 0.310. The van der Waals surface area contributed by atoms with Gasteiger partial charge in [-0.25, -0.2) is 4.79 Å². The number of nitrogen functional groups attached to an aromatic ring is 1. The average molecular weight is 304 g/mol. The molecule has 2 rings (SSSR count). The molecular weight excluding hydrogens is 286 g/mol. The van der Waals surface area contributed by atoms with Gasteiger partial charge in [-0.1, -0.05) is 36.4 Å². The van der Waals surface area contributed by atoms with Crippen molar-refractivity contribution in [2.45, 2.75) is 18.7 Å². The van der Waals surface area contributed by atoms with Gasteiger partial charge in [0.05, 0.1) is 6.61 Å². The molecule has 0 aliphatic rings. The molecule has 1 atom stereocenters. The lowest BCUT2D eigenvalue weighted by molar-refractivity contribution is -0.146. The summed E-state index contributed by atoms with van der Waals surface area (Å²) in [5.74, 6) is -0.438. The minimum Gasteiger partial charge on any atom is -0.464 e. The molecule has 0 bridgehead atoms. The lowest BCUT2D eigenvalue weighted by atomic mass is 9.97. The van der Waals surface area contributed by atoms with Gasteiger partial charge in [0.25, 0.3) is 0 Å². The van der Waals surface area contributed by atoms with Crippen molar-refractivity contribution in [2.75, 3.05) is 12.3 Å². The first-order valence-corrected chi connectivity index (χ1v) is 7.15. The second-order valence-corrected chi connectivity index (χ2v) is 5.68. The Labute approximate surface area is 129 Å². The number of anilines is 1. The Hall–Kier alpha value is -2.00. The van der Waals surface area contributed by atoms with Gasteiger partial charge in [0, 0.05) is 5.69 Å². The molecule has 1 unspecified atom stereocenters. The lowest BCUT2D eigenvalue weighted by Gasteiger charge is -2.20. The van der Waals surface area contributed by atoms with Crippen molar-refractivity contribution in [3.8, 4) is 11.1 Å². The minimum atomic E-state index is -1.17. The molecule has 0 saturated heterocycles. The number of carbonyl (C=O) groups is 1. The van der Waals surface area contributed by atoms with E-state index in [0.29, 0.717) is 12.2 Å². The Morgan fingerprint density at radius 1 is 1.10 bits per heavy atom. The van der Waals surface area contributed by atoms with Crippen molar-refractivity contribution in [1.29, 1.82) is 0 Å². The molecule has 3 nitrogen and oxygen atoms in total. The maximum absolute atomic E-state index is 11.9. The summed E-state index contributed by atoms with van der Waals surface area (Å²) in [6.07, 6.45) is 0. The Balaban J connectivity index is 2.26. The van der Waals surface area contributed by atoms with Crippen molar-refractivity contribution in [3.05, 3.63) is 54.1 Å². The lowest BCUT2D eigenvalue weighted by Crippen LogP contribution is -2.28. The van der Waals surface area contributed by atoms with Gasteiger partial charge >= 0.3 is 5.97 Å². The number of carbonyl (C=O) groups excluding carboxylic acids is 1. The van der Waals surface area contributed by atoms with E-state index in [1.54, 1.807) is 13.8 Å². The zero-order valence-corrected chi connectivity index (χ0v) is 12.9. The molecule has 2 N–H and O–H groups in total. The molecule has 110 valence electrons. The zero-order chi connectivity index (χ0) is 15.5. The van der Waals surface area contributed by atoms with Crippen LogP contribution in [-0.2, 0) is 14.4 Å². The first-order valence-electron chi connectivity index (χ1n) is 6.77. The second kappa shape index (κ2) is 6.19. The van der Waals surface area contributed by atoms with Gasteiger partial charge in [-0.2, -0.15) is 0 Å². The van der Waals surface area contributed by atoms with Crippen molar-refractivity contribution in [2.24, 2.45) is 0 Å². The summed E-state index contributed by atoms with van der Waals surface area (Å²) in [6, 6.07) is 15.2. The van der Waals surface area contributed by atoms with Gasteiger partial charge in [-0.05, 0) is 42.7 Å². The average Bonchev–Trinajstić information content (AvgIpc) is 2.48. The topological polar surface area (TPSA) is 52.3 Å². The molecule has 4 heteroatoms. The van der Waals surface area contributed by atoms with Crippen molar-refractivity contribution in [1.82, 2.24) is 0 Å². The van der Waals surface area contributed by atoms with Crippen molar-refractivity contribution >= 4 is 23.3 Å². The van der Waals surface area contributed by atoms with Gasteiger partial charge < -0.3 is 10.5 Å². The SMILES string of the molecule is CCOC(=O)C(C)(Cl)c1ccc(-c2ccc(N)cc2)cc1. The maximum atomic E-state index is 11.9. The first-order chi connectivity index (χ1) is 9.95. The fourth-order valence-corrected chi connectivity index (χ4v) is 2.22. The molecule has 0 aromatic heterocycles. The van der Waals surface area contributed by atoms with Crippen LogP contribution < -0.4 is 5.73 Å². The third-order valence-corrected chi connectivity index (χ3v) is 3.70. The molecule has 0 saturated carbocycles. The smallest absolute Gasteiger partial charge is 0.331 e. The van der Waals surface area contributed by atoms with Crippen LogP contribution in [0.2, 0.25) is 0 Å². The van der Waals surface area contributed by atoms with Crippen LogP contribution >= 0.6 is 11.6 Å². The number of hydrogen-bond acceptors (Lipinski definition) is 3. The van der Waals surface area contributed by atoms with Crippen LogP contribution in [-0.4, -0.2) is 12.6 Å². The summed E-state index contributed by atoms with van der Waals surface area (Å²) in [7, 11) is 0. The Kier molecular flexibility index (Phi) is 4.53. The van der Waals surface area contributed by atoms with Crippen LogP contribution in [0, 0.1) is 0 Å². The molecule has 2 aromatic carbocycles. The molecule has 0 fully saturated rings. The van der Waals surface area contributed by atoms with E-state index in [2.05, 4.69) is 0 Å². The van der Waals surface area contributed by atoms with E-state index < -0.39 is 10.8 Å². The second-order valence-electron chi connectivity index (χ2n) is 4.92. The molecular formula is C17H18ClNO2. The van der Waals surface area contributed by atoms with E-state index in [1.165, 1.54) is 0 Å². The number of esters is 1. The van der Waals surface area contributed by atoms with E-state index in [4.69, 9.17) is 22.1 Å². The van der Waals surface area contributed by atoms with E-state index >= 15 is 0 Å². The van der Waals surface area contributed by atoms with Crippen LogP contribution in [0.3, 0.4) is 0 Å². The number of rotatable bonds is 4. The molecule has 0 aliphatic heterocycles. The molecule has 0 radical (unpaired) electrons. The number of benzene rings is 2. The normalized spacial score (nSPS) is 13.5. The highest BCUT2D eigenvalue weighted by atomic mass is 35.5. The Bertz CT molecular complexity index is 618. The summed E-state index contributed by atoms with van der Waals surface area (Å²) < 4.78 is 5.00. The fourth-order valence-electron chi connectivity index (χ4n) is 2.04. The van der Waals surface area contributed by atoms with Gasteiger partial charge in [-0.15, -0.1) is 11.6 Å². The van der Waals surface area contributed by atoms with E-state index in [-0.39, 0.29) is 0 Å².